The average molecular weight is 491 g/mol. The van der Waals surface area contributed by atoms with Crippen LogP contribution in [0.1, 0.15) is 52.3 Å². The Hall–Kier alpha value is -1.29. The van der Waals surface area contributed by atoms with Crippen molar-refractivity contribution < 1.29 is 9.21 Å². The van der Waals surface area contributed by atoms with Crippen LogP contribution in [0.5, 0.6) is 0 Å². The second-order valence-corrected chi connectivity index (χ2v) is 7.65. The largest absolute Gasteiger partial charge is 0.468 e. The van der Waals surface area contributed by atoms with Crippen LogP contribution in [0.25, 0.3) is 0 Å². The molecule has 7 nitrogen and oxygen atoms in total. The van der Waals surface area contributed by atoms with Gasteiger partial charge in [0.1, 0.15) is 12.3 Å². The predicted molar refractivity (Wildman–Crippen MR) is 120 cm³/mol. The molecule has 27 heavy (non-hydrogen) atoms. The van der Waals surface area contributed by atoms with Crippen LogP contribution in [0.4, 0.5) is 0 Å². The van der Waals surface area contributed by atoms with Gasteiger partial charge in [-0.1, -0.05) is 0 Å². The number of halogens is 1. The highest BCUT2D eigenvalue weighted by Crippen LogP contribution is 2.24. The highest BCUT2D eigenvalue weighted by atomic mass is 127. The molecule has 0 aliphatic carbocycles. The van der Waals surface area contributed by atoms with Gasteiger partial charge in [0, 0.05) is 18.6 Å². The Kier molecular flexibility index (Phi) is 10.1. The Labute approximate surface area is 179 Å². The summed E-state index contributed by atoms with van der Waals surface area (Å²) in [7, 11) is 0. The molecule has 2 heterocycles. The van der Waals surface area contributed by atoms with Gasteiger partial charge in [-0.05, 0) is 65.8 Å². The van der Waals surface area contributed by atoms with Crippen LogP contribution in [0.2, 0.25) is 0 Å². The summed E-state index contributed by atoms with van der Waals surface area (Å²) >= 11 is 0. The van der Waals surface area contributed by atoms with Crippen molar-refractivity contribution in [3.63, 3.8) is 0 Å². The SMILES string of the molecule is CCNC(=NCC(=O)NC(C)(C)C)NCC(c1ccco1)N1CCCC1.I. The van der Waals surface area contributed by atoms with Crippen molar-refractivity contribution in [2.45, 2.75) is 52.1 Å². The first-order chi connectivity index (χ1) is 12.4. The summed E-state index contributed by atoms with van der Waals surface area (Å²) in [6.45, 7) is 11.6. The van der Waals surface area contributed by atoms with Crippen molar-refractivity contribution in [2.24, 2.45) is 4.99 Å². The molecule has 1 aromatic rings. The van der Waals surface area contributed by atoms with E-state index in [1.807, 2.05) is 39.8 Å². The zero-order valence-electron chi connectivity index (χ0n) is 16.9. The van der Waals surface area contributed by atoms with Gasteiger partial charge in [0.2, 0.25) is 5.91 Å². The molecule has 1 amide bonds. The fraction of sp³-hybridized carbons (Fsp3) is 0.684. The van der Waals surface area contributed by atoms with E-state index >= 15 is 0 Å². The number of aliphatic imine (C=N–C) groups is 1. The molecule has 8 heteroatoms. The van der Waals surface area contributed by atoms with Crippen LogP contribution in [0, 0.1) is 0 Å². The maximum Gasteiger partial charge on any atom is 0.242 e. The molecule has 1 aromatic heterocycles. The third kappa shape index (κ3) is 8.50. The molecule has 3 N–H and O–H groups in total. The maximum atomic E-state index is 12.0. The van der Waals surface area contributed by atoms with E-state index in [-0.39, 0.29) is 48.0 Å². The van der Waals surface area contributed by atoms with Gasteiger partial charge in [-0.25, -0.2) is 4.99 Å². The zero-order chi connectivity index (χ0) is 19.0. The smallest absolute Gasteiger partial charge is 0.242 e. The molecule has 0 saturated carbocycles. The molecule has 1 saturated heterocycles. The number of nitrogens with one attached hydrogen (secondary N) is 3. The molecule has 1 aliphatic rings. The van der Waals surface area contributed by atoms with E-state index in [1.54, 1.807) is 6.26 Å². The standard InChI is InChI=1S/C19H33N5O2.HI/c1-5-20-18(22-14-17(25)23-19(2,3)4)21-13-15(16-9-8-12-26-16)24-10-6-7-11-24;/h8-9,12,15H,5-7,10-11,13-14H2,1-4H3,(H,23,25)(H2,20,21,22);1H. The van der Waals surface area contributed by atoms with Gasteiger partial charge in [-0.2, -0.15) is 0 Å². The molecule has 1 fully saturated rings. The number of hydrogen-bond acceptors (Lipinski definition) is 4. The van der Waals surface area contributed by atoms with Gasteiger partial charge in [-0.15, -0.1) is 24.0 Å². The van der Waals surface area contributed by atoms with Crippen molar-refractivity contribution in [1.82, 2.24) is 20.9 Å². The van der Waals surface area contributed by atoms with Gasteiger partial charge < -0.3 is 20.4 Å². The number of guanidine groups is 1. The molecular weight excluding hydrogens is 457 g/mol. The molecule has 0 bridgehead atoms. The summed E-state index contributed by atoms with van der Waals surface area (Å²) in [5.74, 6) is 1.52. The molecular formula is C19H34IN5O2. The molecule has 1 aliphatic heterocycles. The van der Waals surface area contributed by atoms with E-state index in [0.717, 1.165) is 25.4 Å². The fourth-order valence-electron chi connectivity index (χ4n) is 3.09. The quantitative estimate of drug-likeness (QED) is 0.310. The Morgan fingerprint density at radius 1 is 1.30 bits per heavy atom. The van der Waals surface area contributed by atoms with E-state index < -0.39 is 0 Å². The van der Waals surface area contributed by atoms with Crippen LogP contribution < -0.4 is 16.0 Å². The van der Waals surface area contributed by atoms with E-state index in [9.17, 15) is 4.79 Å². The van der Waals surface area contributed by atoms with Crippen LogP contribution in [-0.2, 0) is 4.79 Å². The van der Waals surface area contributed by atoms with Crippen molar-refractivity contribution >= 4 is 35.8 Å². The minimum absolute atomic E-state index is 0. The monoisotopic (exact) mass is 491 g/mol. The Bertz CT molecular complexity index is 577. The van der Waals surface area contributed by atoms with Gasteiger partial charge in [0.05, 0.1) is 12.3 Å². The van der Waals surface area contributed by atoms with Gasteiger partial charge in [-0.3, -0.25) is 9.69 Å². The number of amides is 1. The van der Waals surface area contributed by atoms with E-state index in [0.29, 0.717) is 12.5 Å². The molecule has 154 valence electrons. The minimum atomic E-state index is -0.251. The van der Waals surface area contributed by atoms with Gasteiger partial charge in [0.25, 0.3) is 0 Å². The summed E-state index contributed by atoms with van der Waals surface area (Å²) in [4.78, 5) is 18.8. The number of furan rings is 1. The number of rotatable bonds is 7. The van der Waals surface area contributed by atoms with Gasteiger partial charge >= 0.3 is 0 Å². The number of likely N-dealkylation sites (tertiary alicyclic amines) is 1. The number of nitrogens with zero attached hydrogens (tertiary/aromatic N) is 2. The highest BCUT2D eigenvalue weighted by Gasteiger charge is 2.25. The van der Waals surface area contributed by atoms with Gasteiger partial charge in [0.15, 0.2) is 5.96 Å². The summed E-state index contributed by atoms with van der Waals surface area (Å²) < 4.78 is 5.65. The third-order valence-electron chi connectivity index (χ3n) is 4.16. The Morgan fingerprint density at radius 3 is 2.56 bits per heavy atom. The fourth-order valence-corrected chi connectivity index (χ4v) is 3.09. The first kappa shape index (κ1) is 23.7. The van der Waals surface area contributed by atoms with Crippen molar-refractivity contribution in [3.05, 3.63) is 24.2 Å². The Balaban J connectivity index is 0.00000364. The van der Waals surface area contributed by atoms with Crippen molar-refractivity contribution in [1.29, 1.82) is 0 Å². The normalized spacial score (nSPS) is 16.5. The van der Waals surface area contributed by atoms with E-state index in [2.05, 4.69) is 25.8 Å². The molecule has 0 aromatic carbocycles. The number of hydrogen-bond donors (Lipinski definition) is 3. The number of carbonyl (C=O) groups is 1. The zero-order valence-corrected chi connectivity index (χ0v) is 19.2. The van der Waals surface area contributed by atoms with Crippen LogP contribution in [0.15, 0.2) is 27.8 Å². The lowest BCUT2D eigenvalue weighted by Crippen LogP contribution is -2.44. The second kappa shape index (κ2) is 11.5. The first-order valence-electron chi connectivity index (χ1n) is 9.49. The predicted octanol–water partition coefficient (Wildman–Crippen LogP) is 2.50. The summed E-state index contributed by atoms with van der Waals surface area (Å²) in [5, 5.41) is 9.49. The topological polar surface area (TPSA) is 81.9 Å². The summed E-state index contributed by atoms with van der Waals surface area (Å²) in [6, 6.07) is 4.11. The summed E-state index contributed by atoms with van der Waals surface area (Å²) in [5.41, 5.74) is -0.251. The molecule has 0 radical (unpaired) electrons. The van der Waals surface area contributed by atoms with Crippen LogP contribution in [-0.4, -0.2) is 55.0 Å². The first-order valence-corrected chi connectivity index (χ1v) is 9.49. The third-order valence-corrected chi connectivity index (χ3v) is 4.16. The summed E-state index contributed by atoms with van der Waals surface area (Å²) in [6.07, 6.45) is 4.16. The van der Waals surface area contributed by atoms with Crippen molar-refractivity contribution in [3.8, 4) is 0 Å². The number of carbonyl (C=O) groups excluding carboxylic acids is 1. The average Bonchev–Trinajstić information content (AvgIpc) is 3.25. The molecule has 2 rings (SSSR count). The van der Waals surface area contributed by atoms with Crippen molar-refractivity contribution in [2.75, 3.05) is 32.7 Å². The van der Waals surface area contributed by atoms with E-state index in [1.165, 1.54) is 12.8 Å². The van der Waals surface area contributed by atoms with Crippen LogP contribution >= 0.6 is 24.0 Å². The molecule has 1 unspecified atom stereocenters. The Morgan fingerprint density at radius 2 is 2.00 bits per heavy atom. The van der Waals surface area contributed by atoms with Crippen LogP contribution in [0.3, 0.4) is 0 Å². The lowest BCUT2D eigenvalue weighted by atomic mass is 10.1. The highest BCUT2D eigenvalue weighted by molar-refractivity contribution is 14.0. The molecule has 0 spiro atoms. The van der Waals surface area contributed by atoms with E-state index in [4.69, 9.17) is 4.42 Å². The molecule has 1 atom stereocenters. The lowest BCUT2D eigenvalue weighted by Gasteiger charge is -2.26. The lowest BCUT2D eigenvalue weighted by molar-refractivity contribution is -0.121. The minimum Gasteiger partial charge on any atom is -0.468 e. The second-order valence-electron chi connectivity index (χ2n) is 7.65. The maximum absolute atomic E-state index is 12.0.